The number of hydrogen-bond acceptors (Lipinski definition) is 4. The van der Waals surface area contributed by atoms with E-state index < -0.39 is 0 Å². The maximum Gasteiger partial charge on any atom is 0.289 e. The Morgan fingerprint density at radius 1 is 1.24 bits per heavy atom. The van der Waals surface area contributed by atoms with Gasteiger partial charge in [0.15, 0.2) is 5.76 Å². The fraction of sp³-hybridized carbons (Fsp3) is 0.688. The van der Waals surface area contributed by atoms with Crippen molar-refractivity contribution in [3.05, 3.63) is 24.2 Å². The average molecular weight is 292 g/mol. The Kier molecular flexibility index (Phi) is 4.93. The zero-order valence-electron chi connectivity index (χ0n) is 12.5. The highest BCUT2D eigenvalue weighted by molar-refractivity contribution is 5.91. The average Bonchev–Trinajstić information content (AvgIpc) is 3.08. The van der Waals surface area contributed by atoms with Crippen molar-refractivity contribution in [2.75, 3.05) is 39.4 Å². The first-order valence-electron chi connectivity index (χ1n) is 7.99. The summed E-state index contributed by atoms with van der Waals surface area (Å²) in [5, 5.41) is 0. The lowest BCUT2D eigenvalue weighted by molar-refractivity contribution is 0.0290. The third kappa shape index (κ3) is 3.66. The van der Waals surface area contributed by atoms with Crippen molar-refractivity contribution in [3.8, 4) is 0 Å². The summed E-state index contributed by atoms with van der Waals surface area (Å²) in [5.41, 5.74) is 0. The lowest BCUT2D eigenvalue weighted by Crippen LogP contribution is -2.46. The van der Waals surface area contributed by atoms with Crippen LogP contribution in [-0.4, -0.2) is 61.1 Å². The molecule has 0 N–H and O–H groups in total. The number of nitrogens with zero attached hydrogens (tertiary/aromatic N) is 2. The summed E-state index contributed by atoms with van der Waals surface area (Å²) < 4.78 is 10.7. The number of hydrogen-bond donors (Lipinski definition) is 0. The number of amides is 1. The van der Waals surface area contributed by atoms with Crippen LogP contribution in [0.5, 0.6) is 0 Å². The fourth-order valence-electron chi connectivity index (χ4n) is 3.27. The molecule has 116 valence electrons. The molecule has 2 saturated heterocycles. The lowest BCUT2D eigenvalue weighted by atomic mass is 9.98. The number of furan rings is 1. The monoisotopic (exact) mass is 292 g/mol. The summed E-state index contributed by atoms with van der Waals surface area (Å²) >= 11 is 0. The Balaban J connectivity index is 1.57. The molecule has 5 heteroatoms. The number of carbonyl (C=O) groups is 1. The molecule has 1 aromatic rings. The van der Waals surface area contributed by atoms with Crippen LogP contribution in [0.3, 0.4) is 0 Å². The van der Waals surface area contributed by atoms with E-state index in [2.05, 4.69) is 4.90 Å². The van der Waals surface area contributed by atoms with Gasteiger partial charge in [0.25, 0.3) is 5.91 Å². The van der Waals surface area contributed by atoms with Gasteiger partial charge in [-0.3, -0.25) is 9.69 Å². The van der Waals surface area contributed by atoms with Crippen molar-refractivity contribution in [1.29, 1.82) is 0 Å². The van der Waals surface area contributed by atoms with Gasteiger partial charge in [-0.05, 0) is 37.8 Å². The van der Waals surface area contributed by atoms with Gasteiger partial charge in [-0.1, -0.05) is 0 Å². The Hall–Kier alpha value is -1.33. The number of carbonyl (C=O) groups excluding carboxylic acids is 1. The first-order chi connectivity index (χ1) is 10.3. The summed E-state index contributed by atoms with van der Waals surface area (Å²) in [7, 11) is 0. The third-order valence-electron chi connectivity index (χ3n) is 4.50. The highest BCUT2D eigenvalue weighted by Crippen LogP contribution is 2.22. The second kappa shape index (κ2) is 7.09. The van der Waals surface area contributed by atoms with Gasteiger partial charge in [-0.15, -0.1) is 0 Å². The standard InChI is InChI=1S/C16H24N2O3/c19-16(15-5-3-11-21-15)18-7-2-1-4-14(18)6-8-17-9-12-20-13-10-17/h3,5,11,14H,1-2,4,6-10,12-13H2/t14-/m0/s1. The van der Waals surface area contributed by atoms with E-state index in [0.29, 0.717) is 11.8 Å². The number of likely N-dealkylation sites (tertiary alicyclic amines) is 1. The van der Waals surface area contributed by atoms with Crippen molar-refractivity contribution in [2.45, 2.75) is 31.7 Å². The van der Waals surface area contributed by atoms with Crippen molar-refractivity contribution < 1.29 is 13.9 Å². The van der Waals surface area contributed by atoms with Gasteiger partial charge in [0.1, 0.15) is 0 Å². The Bertz CT molecular complexity index is 440. The normalized spacial score (nSPS) is 24.2. The Morgan fingerprint density at radius 2 is 2.10 bits per heavy atom. The molecule has 0 radical (unpaired) electrons. The predicted molar refractivity (Wildman–Crippen MR) is 79.3 cm³/mol. The van der Waals surface area contributed by atoms with E-state index >= 15 is 0 Å². The summed E-state index contributed by atoms with van der Waals surface area (Å²) in [6.45, 7) is 5.60. The second-order valence-electron chi connectivity index (χ2n) is 5.87. The van der Waals surface area contributed by atoms with Crippen molar-refractivity contribution in [1.82, 2.24) is 9.80 Å². The van der Waals surface area contributed by atoms with Crippen molar-refractivity contribution in [2.24, 2.45) is 0 Å². The molecule has 2 aliphatic rings. The largest absolute Gasteiger partial charge is 0.459 e. The van der Waals surface area contributed by atoms with E-state index in [1.807, 2.05) is 4.90 Å². The fourth-order valence-corrected chi connectivity index (χ4v) is 3.27. The van der Waals surface area contributed by atoms with Crippen LogP contribution in [0.2, 0.25) is 0 Å². The minimum absolute atomic E-state index is 0.0478. The van der Waals surface area contributed by atoms with Gasteiger partial charge in [0, 0.05) is 32.2 Å². The van der Waals surface area contributed by atoms with E-state index in [9.17, 15) is 4.79 Å². The predicted octanol–water partition coefficient (Wildman–Crippen LogP) is 2.00. The van der Waals surface area contributed by atoms with E-state index in [-0.39, 0.29) is 5.91 Å². The number of ether oxygens (including phenoxy) is 1. The zero-order chi connectivity index (χ0) is 14.5. The van der Waals surface area contributed by atoms with Gasteiger partial charge < -0.3 is 14.1 Å². The van der Waals surface area contributed by atoms with Crippen LogP contribution in [0, 0.1) is 0 Å². The molecule has 1 atom stereocenters. The topological polar surface area (TPSA) is 45.9 Å². The number of morpholine rings is 1. The number of rotatable bonds is 4. The second-order valence-corrected chi connectivity index (χ2v) is 5.87. The van der Waals surface area contributed by atoms with Crippen LogP contribution in [0.1, 0.15) is 36.2 Å². The molecule has 1 aromatic heterocycles. The summed E-state index contributed by atoms with van der Waals surface area (Å²) in [5.74, 6) is 0.514. The van der Waals surface area contributed by atoms with Crippen LogP contribution in [-0.2, 0) is 4.74 Å². The molecule has 2 fully saturated rings. The van der Waals surface area contributed by atoms with Gasteiger partial charge in [0.05, 0.1) is 19.5 Å². The molecule has 21 heavy (non-hydrogen) atoms. The van der Waals surface area contributed by atoms with E-state index in [0.717, 1.165) is 58.7 Å². The third-order valence-corrected chi connectivity index (χ3v) is 4.50. The van der Waals surface area contributed by atoms with Crippen molar-refractivity contribution in [3.63, 3.8) is 0 Å². The minimum Gasteiger partial charge on any atom is -0.459 e. The summed E-state index contributed by atoms with van der Waals surface area (Å²) in [4.78, 5) is 17.0. The summed E-state index contributed by atoms with van der Waals surface area (Å²) in [6, 6.07) is 3.88. The van der Waals surface area contributed by atoms with Gasteiger partial charge in [-0.25, -0.2) is 0 Å². The molecule has 0 aliphatic carbocycles. The van der Waals surface area contributed by atoms with E-state index in [1.54, 1.807) is 18.4 Å². The molecule has 0 bridgehead atoms. The number of piperidine rings is 1. The maximum absolute atomic E-state index is 12.5. The lowest BCUT2D eigenvalue weighted by Gasteiger charge is -2.37. The molecular weight excluding hydrogens is 268 g/mol. The molecule has 0 saturated carbocycles. The van der Waals surface area contributed by atoms with Crippen LogP contribution in [0.25, 0.3) is 0 Å². The molecule has 5 nitrogen and oxygen atoms in total. The summed E-state index contributed by atoms with van der Waals surface area (Å²) in [6.07, 6.45) is 6.04. The first-order valence-corrected chi connectivity index (χ1v) is 7.99. The Morgan fingerprint density at radius 3 is 2.86 bits per heavy atom. The smallest absolute Gasteiger partial charge is 0.289 e. The molecule has 3 rings (SSSR count). The quantitative estimate of drug-likeness (QED) is 0.851. The van der Waals surface area contributed by atoms with Crippen LogP contribution < -0.4 is 0 Å². The maximum atomic E-state index is 12.5. The Labute approximate surface area is 125 Å². The van der Waals surface area contributed by atoms with Crippen LogP contribution >= 0.6 is 0 Å². The van der Waals surface area contributed by atoms with E-state index in [1.165, 1.54) is 6.42 Å². The molecular formula is C16H24N2O3. The van der Waals surface area contributed by atoms with E-state index in [4.69, 9.17) is 9.15 Å². The highest BCUT2D eigenvalue weighted by Gasteiger charge is 2.29. The van der Waals surface area contributed by atoms with Gasteiger partial charge >= 0.3 is 0 Å². The molecule has 2 aliphatic heterocycles. The van der Waals surface area contributed by atoms with Gasteiger partial charge in [0.2, 0.25) is 0 Å². The molecule has 0 spiro atoms. The zero-order valence-corrected chi connectivity index (χ0v) is 12.5. The SMILES string of the molecule is O=C(c1ccco1)N1CCCC[C@H]1CCN1CCOCC1. The highest BCUT2D eigenvalue weighted by atomic mass is 16.5. The van der Waals surface area contributed by atoms with Crippen LogP contribution in [0.15, 0.2) is 22.8 Å². The van der Waals surface area contributed by atoms with Gasteiger partial charge in [-0.2, -0.15) is 0 Å². The van der Waals surface area contributed by atoms with Crippen LogP contribution in [0.4, 0.5) is 0 Å². The molecule has 0 unspecified atom stereocenters. The molecule has 1 amide bonds. The molecule has 3 heterocycles. The first kappa shape index (κ1) is 14.6. The minimum atomic E-state index is 0.0478. The van der Waals surface area contributed by atoms with Crippen molar-refractivity contribution >= 4 is 5.91 Å². The molecule has 0 aromatic carbocycles.